The van der Waals surface area contributed by atoms with Crippen LogP contribution in [0.5, 0.6) is 0 Å². The summed E-state index contributed by atoms with van der Waals surface area (Å²) in [6.45, 7) is 9.73. The smallest absolute Gasteiger partial charge is 0.0707 e. The van der Waals surface area contributed by atoms with Gasteiger partial charge in [0, 0.05) is 6.54 Å². The Hall–Kier alpha value is -0.120. The molecule has 1 aliphatic heterocycles. The Morgan fingerprint density at radius 3 is 2.64 bits per heavy atom. The average molecular weight is 201 g/mol. The van der Waals surface area contributed by atoms with E-state index in [0.717, 1.165) is 13.1 Å². The molecule has 84 valence electrons. The van der Waals surface area contributed by atoms with Crippen molar-refractivity contribution in [3.05, 3.63) is 0 Å². The van der Waals surface area contributed by atoms with Gasteiger partial charge < -0.3 is 14.8 Å². The first-order valence-electron chi connectivity index (χ1n) is 5.54. The highest BCUT2D eigenvalue weighted by molar-refractivity contribution is 4.68. The summed E-state index contributed by atoms with van der Waals surface area (Å²) in [6, 6.07) is 0. The molecular formula is C11H23NO2. The maximum absolute atomic E-state index is 5.69. The number of hydrogen-bond acceptors (Lipinski definition) is 3. The molecule has 3 heteroatoms. The molecule has 0 aromatic heterocycles. The van der Waals surface area contributed by atoms with Crippen molar-refractivity contribution in [2.75, 3.05) is 26.3 Å². The van der Waals surface area contributed by atoms with Crippen molar-refractivity contribution in [3.63, 3.8) is 0 Å². The zero-order valence-electron chi connectivity index (χ0n) is 9.64. The summed E-state index contributed by atoms with van der Waals surface area (Å²) in [5.74, 6) is 0. The fourth-order valence-corrected chi connectivity index (χ4v) is 1.52. The lowest BCUT2D eigenvalue weighted by Crippen LogP contribution is -2.36. The van der Waals surface area contributed by atoms with Gasteiger partial charge in [0.15, 0.2) is 0 Å². The van der Waals surface area contributed by atoms with Gasteiger partial charge in [-0.15, -0.1) is 0 Å². The Balaban J connectivity index is 1.97. The van der Waals surface area contributed by atoms with E-state index in [1.165, 1.54) is 12.8 Å². The maximum Gasteiger partial charge on any atom is 0.0707 e. The lowest BCUT2D eigenvalue weighted by atomic mass is 10.1. The van der Waals surface area contributed by atoms with E-state index < -0.39 is 0 Å². The normalized spacial score (nSPS) is 23.8. The topological polar surface area (TPSA) is 30.5 Å². The van der Waals surface area contributed by atoms with E-state index in [1.807, 2.05) is 0 Å². The molecule has 0 saturated carbocycles. The summed E-state index contributed by atoms with van der Waals surface area (Å²) in [7, 11) is 0. The van der Waals surface area contributed by atoms with E-state index in [0.29, 0.717) is 19.3 Å². The summed E-state index contributed by atoms with van der Waals surface area (Å²) in [4.78, 5) is 0. The van der Waals surface area contributed by atoms with Gasteiger partial charge in [0.1, 0.15) is 0 Å². The molecule has 0 amide bonds. The molecule has 1 unspecified atom stereocenters. The molecule has 1 heterocycles. The third-order valence-electron chi connectivity index (χ3n) is 2.22. The van der Waals surface area contributed by atoms with Crippen LogP contribution >= 0.6 is 0 Å². The van der Waals surface area contributed by atoms with Gasteiger partial charge >= 0.3 is 0 Å². The van der Waals surface area contributed by atoms with Crippen LogP contribution in [0.1, 0.15) is 33.6 Å². The zero-order chi connectivity index (χ0) is 10.4. The number of piperidine rings is 1. The van der Waals surface area contributed by atoms with Gasteiger partial charge in [-0.1, -0.05) is 0 Å². The van der Waals surface area contributed by atoms with Gasteiger partial charge in [-0.05, 0) is 40.2 Å². The van der Waals surface area contributed by atoms with Crippen molar-refractivity contribution < 1.29 is 9.47 Å². The first-order chi connectivity index (χ1) is 6.58. The van der Waals surface area contributed by atoms with Gasteiger partial charge in [0.2, 0.25) is 0 Å². The minimum Gasteiger partial charge on any atom is -0.375 e. The lowest BCUT2D eigenvalue weighted by Gasteiger charge is -2.24. The maximum atomic E-state index is 5.69. The van der Waals surface area contributed by atoms with Crippen molar-refractivity contribution in [2.24, 2.45) is 0 Å². The van der Waals surface area contributed by atoms with Crippen LogP contribution in [0.15, 0.2) is 0 Å². The van der Waals surface area contributed by atoms with Crippen LogP contribution in [-0.2, 0) is 9.47 Å². The molecule has 1 atom stereocenters. The molecule has 0 aromatic rings. The SMILES string of the molecule is CC(C)(C)OCCOC1CCCNC1. The number of hydrogen-bond donors (Lipinski definition) is 1. The van der Waals surface area contributed by atoms with E-state index in [1.54, 1.807) is 0 Å². The van der Waals surface area contributed by atoms with Crippen molar-refractivity contribution >= 4 is 0 Å². The Bertz CT molecular complexity index is 148. The summed E-state index contributed by atoms with van der Waals surface area (Å²) in [6.07, 6.45) is 2.81. The zero-order valence-corrected chi connectivity index (χ0v) is 9.64. The van der Waals surface area contributed by atoms with Crippen molar-refractivity contribution in [3.8, 4) is 0 Å². The monoisotopic (exact) mass is 201 g/mol. The molecule has 3 nitrogen and oxygen atoms in total. The predicted molar refractivity (Wildman–Crippen MR) is 57.5 cm³/mol. The molecule has 0 aromatic carbocycles. The van der Waals surface area contributed by atoms with Crippen molar-refractivity contribution in [1.29, 1.82) is 0 Å². The Kier molecular flexibility index (Phi) is 4.85. The van der Waals surface area contributed by atoms with Crippen LogP contribution in [0, 0.1) is 0 Å². The van der Waals surface area contributed by atoms with Crippen LogP contribution in [-0.4, -0.2) is 38.0 Å². The summed E-state index contributed by atoms with van der Waals surface area (Å²) in [5.41, 5.74) is -0.0474. The highest BCUT2D eigenvalue weighted by Gasteiger charge is 2.14. The van der Waals surface area contributed by atoms with Crippen LogP contribution in [0.2, 0.25) is 0 Å². The fourth-order valence-electron chi connectivity index (χ4n) is 1.52. The number of rotatable bonds is 4. The first kappa shape index (κ1) is 12.0. The minimum atomic E-state index is -0.0474. The summed E-state index contributed by atoms with van der Waals surface area (Å²) >= 11 is 0. The van der Waals surface area contributed by atoms with Gasteiger partial charge in [0.25, 0.3) is 0 Å². The van der Waals surface area contributed by atoms with Gasteiger partial charge in [-0.3, -0.25) is 0 Å². The van der Waals surface area contributed by atoms with Crippen LogP contribution in [0.4, 0.5) is 0 Å². The molecule has 1 aliphatic rings. The molecule has 0 bridgehead atoms. The van der Waals surface area contributed by atoms with Crippen LogP contribution in [0.25, 0.3) is 0 Å². The largest absolute Gasteiger partial charge is 0.375 e. The van der Waals surface area contributed by atoms with Gasteiger partial charge in [-0.2, -0.15) is 0 Å². The number of ether oxygens (including phenoxy) is 2. The second kappa shape index (κ2) is 5.69. The van der Waals surface area contributed by atoms with Crippen LogP contribution < -0.4 is 5.32 Å². The van der Waals surface area contributed by atoms with Crippen LogP contribution in [0.3, 0.4) is 0 Å². The minimum absolute atomic E-state index is 0.0474. The molecule has 14 heavy (non-hydrogen) atoms. The van der Waals surface area contributed by atoms with E-state index in [2.05, 4.69) is 26.1 Å². The molecule has 1 fully saturated rings. The standard InChI is InChI=1S/C11H23NO2/c1-11(2,3)14-8-7-13-10-5-4-6-12-9-10/h10,12H,4-9H2,1-3H3. The van der Waals surface area contributed by atoms with E-state index in [-0.39, 0.29) is 5.60 Å². The highest BCUT2D eigenvalue weighted by Crippen LogP contribution is 2.08. The third-order valence-corrected chi connectivity index (χ3v) is 2.22. The lowest BCUT2D eigenvalue weighted by molar-refractivity contribution is -0.0548. The summed E-state index contributed by atoms with van der Waals surface area (Å²) in [5, 5.41) is 3.33. The molecule has 1 saturated heterocycles. The van der Waals surface area contributed by atoms with Gasteiger partial charge in [-0.25, -0.2) is 0 Å². The van der Waals surface area contributed by atoms with E-state index in [4.69, 9.17) is 9.47 Å². The number of nitrogens with one attached hydrogen (secondary N) is 1. The molecule has 0 aliphatic carbocycles. The second-order valence-corrected chi connectivity index (χ2v) is 4.80. The average Bonchev–Trinajstić information content (AvgIpc) is 2.13. The first-order valence-corrected chi connectivity index (χ1v) is 5.54. The van der Waals surface area contributed by atoms with E-state index in [9.17, 15) is 0 Å². The fraction of sp³-hybridized carbons (Fsp3) is 1.00. The second-order valence-electron chi connectivity index (χ2n) is 4.80. The highest BCUT2D eigenvalue weighted by atomic mass is 16.5. The van der Waals surface area contributed by atoms with Crippen molar-refractivity contribution in [2.45, 2.75) is 45.3 Å². The predicted octanol–water partition coefficient (Wildman–Crippen LogP) is 1.57. The van der Waals surface area contributed by atoms with E-state index >= 15 is 0 Å². The van der Waals surface area contributed by atoms with Gasteiger partial charge in [0.05, 0.1) is 24.9 Å². The quantitative estimate of drug-likeness (QED) is 0.700. The Labute approximate surface area is 87.2 Å². The Morgan fingerprint density at radius 1 is 1.29 bits per heavy atom. The van der Waals surface area contributed by atoms with Crippen molar-refractivity contribution in [1.82, 2.24) is 5.32 Å². The molecule has 1 N–H and O–H groups in total. The molecule has 0 radical (unpaired) electrons. The molecule has 1 rings (SSSR count). The third kappa shape index (κ3) is 5.58. The molecule has 0 spiro atoms. The Morgan fingerprint density at radius 2 is 2.07 bits per heavy atom. The summed E-state index contributed by atoms with van der Waals surface area (Å²) < 4.78 is 11.3. The molecular weight excluding hydrogens is 178 g/mol.